The number of nitrogens with one attached hydrogen (secondary N) is 1. The molecule has 2 heterocycles. The Morgan fingerprint density at radius 2 is 1.94 bits per heavy atom. The molecule has 7 nitrogen and oxygen atoms in total. The van der Waals surface area contributed by atoms with Gasteiger partial charge in [-0.3, -0.25) is 9.59 Å². The van der Waals surface area contributed by atoms with Gasteiger partial charge in [0.2, 0.25) is 5.91 Å². The summed E-state index contributed by atoms with van der Waals surface area (Å²) in [6, 6.07) is 4.77. The minimum atomic E-state index is -4.65. The Kier molecular flexibility index (Phi) is 6.21. The summed E-state index contributed by atoms with van der Waals surface area (Å²) < 4.78 is 40.6. The maximum absolute atomic E-state index is 13.0. The molecule has 1 N–H and O–H groups in total. The number of carbonyl (C=O) groups is 2. The fourth-order valence-electron chi connectivity index (χ4n) is 2.96. The third-order valence-electron chi connectivity index (χ3n) is 4.45. The first-order chi connectivity index (χ1) is 14.5. The Morgan fingerprint density at radius 3 is 2.58 bits per heavy atom. The van der Waals surface area contributed by atoms with Crippen LogP contribution in [0.1, 0.15) is 35.8 Å². The molecular weight excluding hydrogens is 435 g/mol. The van der Waals surface area contributed by atoms with Crippen LogP contribution in [0.5, 0.6) is 0 Å². The van der Waals surface area contributed by atoms with Gasteiger partial charge < -0.3 is 10.2 Å². The van der Waals surface area contributed by atoms with Crippen LogP contribution in [0.25, 0.3) is 11.0 Å². The van der Waals surface area contributed by atoms with E-state index in [1.54, 1.807) is 16.9 Å². The van der Waals surface area contributed by atoms with Crippen LogP contribution in [-0.4, -0.2) is 45.1 Å². The van der Waals surface area contributed by atoms with Crippen molar-refractivity contribution < 1.29 is 22.8 Å². The molecule has 0 aliphatic rings. The van der Waals surface area contributed by atoms with Crippen LogP contribution in [0.4, 0.5) is 18.9 Å². The summed E-state index contributed by atoms with van der Waals surface area (Å²) >= 11 is 5.57. The lowest BCUT2D eigenvalue weighted by Crippen LogP contribution is -2.35. The second kappa shape index (κ2) is 8.54. The number of benzene rings is 1. The Labute approximate surface area is 180 Å². The number of hydrogen-bond acceptors (Lipinski definition) is 4. The lowest BCUT2D eigenvalue weighted by Gasteiger charge is -2.17. The predicted molar refractivity (Wildman–Crippen MR) is 110 cm³/mol. The van der Waals surface area contributed by atoms with Gasteiger partial charge in [0.25, 0.3) is 5.91 Å². The van der Waals surface area contributed by atoms with Gasteiger partial charge in [0.05, 0.1) is 28.9 Å². The van der Waals surface area contributed by atoms with Gasteiger partial charge in [-0.1, -0.05) is 11.6 Å². The first kappa shape index (κ1) is 22.5. The highest BCUT2D eigenvalue weighted by atomic mass is 35.5. The normalized spacial score (nSPS) is 11.7. The molecule has 0 radical (unpaired) electrons. The number of pyridine rings is 1. The molecule has 0 aliphatic heterocycles. The van der Waals surface area contributed by atoms with E-state index in [1.807, 2.05) is 13.8 Å². The molecule has 31 heavy (non-hydrogen) atoms. The van der Waals surface area contributed by atoms with Gasteiger partial charge in [-0.2, -0.15) is 18.3 Å². The third-order valence-corrected chi connectivity index (χ3v) is 4.78. The average Bonchev–Trinajstić information content (AvgIpc) is 3.11. The molecule has 1 aromatic carbocycles. The standard InChI is InChI=1S/C20H19ClF3N5O2/c1-11(2)29-18-12(9-26-29)6-13(8-25-18)19(31)28(3)10-17(30)27-14-4-5-16(21)15(7-14)20(22,23)24/h4-9,11H,10H2,1-3H3,(H,27,30). The molecule has 0 bridgehead atoms. The van der Waals surface area contributed by atoms with Gasteiger partial charge in [0.15, 0.2) is 5.65 Å². The van der Waals surface area contributed by atoms with Crippen molar-refractivity contribution in [3.63, 3.8) is 0 Å². The van der Waals surface area contributed by atoms with Crippen LogP contribution < -0.4 is 5.32 Å². The molecule has 0 aliphatic carbocycles. The Morgan fingerprint density at radius 1 is 1.23 bits per heavy atom. The molecule has 0 atom stereocenters. The van der Waals surface area contributed by atoms with Crippen LogP contribution in [0, 0.1) is 0 Å². The van der Waals surface area contributed by atoms with Crippen LogP contribution in [0.3, 0.4) is 0 Å². The van der Waals surface area contributed by atoms with Crippen LogP contribution in [0.15, 0.2) is 36.7 Å². The molecule has 3 rings (SSSR count). The fourth-order valence-corrected chi connectivity index (χ4v) is 3.19. The number of halogens is 4. The highest BCUT2D eigenvalue weighted by molar-refractivity contribution is 6.31. The van der Waals surface area contributed by atoms with Crippen molar-refractivity contribution >= 4 is 40.1 Å². The largest absolute Gasteiger partial charge is 0.417 e. The van der Waals surface area contributed by atoms with Crippen molar-refractivity contribution in [3.8, 4) is 0 Å². The number of aromatic nitrogens is 3. The van der Waals surface area contributed by atoms with Crippen molar-refractivity contribution in [1.29, 1.82) is 0 Å². The van der Waals surface area contributed by atoms with E-state index in [2.05, 4.69) is 15.4 Å². The number of carbonyl (C=O) groups excluding carboxylic acids is 2. The lowest BCUT2D eigenvalue weighted by molar-refractivity contribution is -0.137. The summed E-state index contributed by atoms with van der Waals surface area (Å²) in [5, 5.41) is 6.79. The summed E-state index contributed by atoms with van der Waals surface area (Å²) in [5.74, 6) is -1.12. The number of anilines is 1. The van der Waals surface area contributed by atoms with Crippen molar-refractivity contribution in [2.24, 2.45) is 0 Å². The molecule has 2 aromatic heterocycles. The first-order valence-corrected chi connectivity index (χ1v) is 9.60. The van der Waals surface area contributed by atoms with Crippen molar-refractivity contribution in [2.75, 3.05) is 18.9 Å². The molecule has 0 unspecified atom stereocenters. The molecule has 11 heteroatoms. The molecule has 2 amide bonds. The summed E-state index contributed by atoms with van der Waals surface area (Å²) in [7, 11) is 1.41. The number of likely N-dealkylation sites (N-methyl/N-ethyl adjacent to an activating group) is 1. The number of alkyl halides is 3. The molecular formula is C20H19ClF3N5O2. The van der Waals surface area contributed by atoms with E-state index >= 15 is 0 Å². The predicted octanol–water partition coefficient (Wildman–Crippen LogP) is 4.40. The molecule has 164 valence electrons. The van der Waals surface area contributed by atoms with E-state index in [4.69, 9.17) is 11.6 Å². The van der Waals surface area contributed by atoms with E-state index in [0.717, 1.165) is 17.0 Å². The van der Waals surface area contributed by atoms with Crippen molar-refractivity contribution in [1.82, 2.24) is 19.7 Å². The monoisotopic (exact) mass is 453 g/mol. The summed E-state index contributed by atoms with van der Waals surface area (Å²) in [6.07, 6.45) is -1.65. The zero-order valence-electron chi connectivity index (χ0n) is 16.9. The van der Waals surface area contributed by atoms with E-state index in [-0.39, 0.29) is 23.8 Å². The third kappa shape index (κ3) is 4.96. The maximum Gasteiger partial charge on any atom is 0.417 e. The highest BCUT2D eigenvalue weighted by Crippen LogP contribution is 2.36. The van der Waals surface area contributed by atoms with Crippen molar-refractivity contribution in [2.45, 2.75) is 26.1 Å². The minimum Gasteiger partial charge on any atom is -0.332 e. The zero-order chi connectivity index (χ0) is 22.9. The number of rotatable bonds is 5. The van der Waals surface area contributed by atoms with Gasteiger partial charge in [-0.15, -0.1) is 0 Å². The Hall–Kier alpha value is -3.14. The average molecular weight is 454 g/mol. The Balaban J connectivity index is 1.70. The lowest BCUT2D eigenvalue weighted by atomic mass is 10.2. The van der Waals surface area contributed by atoms with Crippen LogP contribution in [0.2, 0.25) is 5.02 Å². The van der Waals surface area contributed by atoms with Gasteiger partial charge in [-0.25, -0.2) is 9.67 Å². The van der Waals surface area contributed by atoms with Crippen LogP contribution in [-0.2, 0) is 11.0 Å². The van der Waals surface area contributed by atoms with Gasteiger partial charge >= 0.3 is 6.18 Å². The van der Waals surface area contributed by atoms with Gasteiger partial charge in [0, 0.05) is 30.4 Å². The zero-order valence-corrected chi connectivity index (χ0v) is 17.6. The number of hydrogen-bond donors (Lipinski definition) is 1. The van der Waals surface area contributed by atoms with Gasteiger partial charge in [-0.05, 0) is 38.1 Å². The second-order valence-corrected chi connectivity index (χ2v) is 7.63. The van der Waals surface area contributed by atoms with Crippen molar-refractivity contribution in [3.05, 3.63) is 52.8 Å². The molecule has 0 saturated heterocycles. The number of nitrogens with zero attached hydrogens (tertiary/aromatic N) is 4. The SMILES string of the molecule is CC(C)n1ncc2cc(C(=O)N(C)CC(=O)Nc3ccc(Cl)c(C(F)(F)F)c3)cnc21. The molecule has 0 fully saturated rings. The van der Waals surface area contributed by atoms with E-state index in [1.165, 1.54) is 19.3 Å². The van der Waals surface area contributed by atoms with Crippen LogP contribution >= 0.6 is 11.6 Å². The smallest absolute Gasteiger partial charge is 0.332 e. The minimum absolute atomic E-state index is 0.0771. The Bertz CT molecular complexity index is 1140. The summed E-state index contributed by atoms with van der Waals surface area (Å²) in [4.78, 5) is 30.3. The summed E-state index contributed by atoms with van der Waals surface area (Å²) in [5.41, 5.74) is -0.239. The topological polar surface area (TPSA) is 80.1 Å². The fraction of sp³-hybridized carbons (Fsp3) is 0.300. The highest BCUT2D eigenvalue weighted by Gasteiger charge is 2.33. The van der Waals surface area contributed by atoms with E-state index < -0.39 is 28.6 Å². The quantitative estimate of drug-likeness (QED) is 0.621. The number of amides is 2. The summed E-state index contributed by atoms with van der Waals surface area (Å²) in [6.45, 7) is 3.54. The first-order valence-electron chi connectivity index (χ1n) is 9.22. The maximum atomic E-state index is 13.0. The molecule has 0 saturated carbocycles. The number of fused-ring (bicyclic) bond motifs is 1. The van der Waals surface area contributed by atoms with E-state index in [0.29, 0.717) is 11.0 Å². The van der Waals surface area contributed by atoms with Gasteiger partial charge in [0.1, 0.15) is 0 Å². The molecule has 3 aromatic rings. The molecule has 0 spiro atoms. The second-order valence-electron chi connectivity index (χ2n) is 7.22. The van der Waals surface area contributed by atoms with E-state index in [9.17, 15) is 22.8 Å².